The number of para-hydroxylation sites is 2. The lowest BCUT2D eigenvalue weighted by Crippen LogP contribution is -2.40. The van der Waals surface area contributed by atoms with E-state index in [1.54, 1.807) is 0 Å². The number of anilines is 2. The minimum atomic E-state index is 0.108. The lowest BCUT2D eigenvalue weighted by atomic mass is 9.91. The van der Waals surface area contributed by atoms with Crippen LogP contribution in [0.5, 0.6) is 5.75 Å². The fraction of sp³-hybridized carbons (Fsp3) is 0.423. The van der Waals surface area contributed by atoms with E-state index < -0.39 is 0 Å². The normalized spacial score (nSPS) is 18.0. The summed E-state index contributed by atoms with van der Waals surface area (Å²) in [5.41, 5.74) is 0.941. The fourth-order valence-electron chi connectivity index (χ4n) is 4.27. The Morgan fingerprint density at radius 3 is 2.42 bits per heavy atom. The summed E-state index contributed by atoms with van der Waals surface area (Å²) in [5.74, 6) is 2.54. The SMILES string of the molecule is CN(C)c1nc(NC2CCC(NC(=O)CCCOc3ccccc3)CC2)nc2ccccc12. The maximum absolute atomic E-state index is 12.3. The van der Waals surface area contributed by atoms with Crippen LogP contribution in [-0.4, -0.2) is 48.7 Å². The predicted molar refractivity (Wildman–Crippen MR) is 133 cm³/mol. The summed E-state index contributed by atoms with van der Waals surface area (Å²) >= 11 is 0. The molecule has 1 aromatic heterocycles. The molecule has 0 aliphatic heterocycles. The van der Waals surface area contributed by atoms with Crippen molar-refractivity contribution in [3.05, 3.63) is 54.6 Å². The number of benzene rings is 2. The first-order valence-corrected chi connectivity index (χ1v) is 11.8. The first-order chi connectivity index (χ1) is 16.1. The molecular weight excluding hydrogens is 414 g/mol. The number of hydrogen-bond donors (Lipinski definition) is 2. The highest BCUT2D eigenvalue weighted by Gasteiger charge is 2.23. The summed E-state index contributed by atoms with van der Waals surface area (Å²) in [6.45, 7) is 0.550. The highest BCUT2D eigenvalue weighted by molar-refractivity contribution is 5.90. The predicted octanol–water partition coefficient (Wildman–Crippen LogP) is 4.39. The van der Waals surface area contributed by atoms with Crippen LogP contribution in [0.1, 0.15) is 38.5 Å². The summed E-state index contributed by atoms with van der Waals surface area (Å²) in [6, 6.07) is 18.3. The highest BCUT2D eigenvalue weighted by Crippen LogP contribution is 2.26. The first-order valence-electron chi connectivity index (χ1n) is 11.8. The van der Waals surface area contributed by atoms with Crippen molar-refractivity contribution in [3.8, 4) is 5.75 Å². The van der Waals surface area contributed by atoms with Crippen molar-refractivity contribution in [1.29, 1.82) is 0 Å². The Morgan fingerprint density at radius 1 is 0.970 bits per heavy atom. The third-order valence-corrected chi connectivity index (χ3v) is 5.99. The van der Waals surface area contributed by atoms with Gasteiger partial charge in [-0.15, -0.1) is 0 Å². The zero-order chi connectivity index (χ0) is 23.0. The molecule has 2 aromatic carbocycles. The van der Waals surface area contributed by atoms with Crippen LogP contribution in [0.15, 0.2) is 54.6 Å². The van der Waals surface area contributed by atoms with Crippen LogP contribution in [0, 0.1) is 0 Å². The van der Waals surface area contributed by atoms with E-state index in [1.165, 1.54) is 0 Å². The van der Waals surface area contributed by atoms with Gasteiger partial charge < -0.3 is 20.3 Å². The van der Waals surface area contributed by atoms with Gasteiger partial charge in [0, 0.05) is 38.0 Å². The topological polar surface area (TPSA) is 79.4 Å². The molecule has 0 radical (unpaired) electrons. The maximum atomic E-state index is 12.3. The summed E-state index contributed by atoms with van der Waals surface area (Å²) in [5, 5.41) is 7.76. The Bertz CT molecular complexity index is 1050. The average molecular weight is 448 g/mol. The molecule has 0 spiro atoms. The maximum Gasteiger partial charge on any atom is 0.225 e. The number of fused-ring (bicyclic) bond motifs is 1. The number of carbonyl (C=O) groups is 1. The zero-order valence-corrected chi connectivity index (χ0v) is 19.5. The summed E-state index contributed by atoms with van der Waals surface area (Å²) < 4.78 is 5.66. The number of amides is 1. The molecule has 7 nitrogen and oxygen atoms in total. The second kappa shape index (κ2) is 11.0. The third-order valence-electron chi connectivity index (χ3n) is 5.99. The second-order valence-electron chi connectivity index (χ2n) is 8.81. The van der Waals surface area contributed by atoms with E-state index in [1.807, 2.05) is 67.5 Å². The van der Waals surface area contributed by atoms with Gasteiger partial charge in [0.25, 0.3) is 0 Å². The second-order valence-corrected chi connectivity index (χ2v) is 8.81. The van der Waals surface area contributed by atoms with Crippen LogP contribution in [0.25, 0.3) is 10.9 Å². The molecule has 33 heavy (non-hydrogen) atoms. The Kier molecular flexibility index (Phi) is 7.60. The van der Waals surface area contributed by atoms with Crippen molar-refractivity contribution >= 4 is 28.6 Å². The van der Waals surface area contributed by atoms with E-state index in [0.29, 0.717) is 31.4 Å². The highest BCUT2D eigenvalue weighted by atomic mass is 16.5. The van der Waals surface area contributed by atoms with Gasteiger partial charge in [0.15, 0.2) is 0 Å². The molecule has 0 atom stereocenters. The Labute approximate surface area is 195 Å². The van der Waals surface area contributed by atoms with Crippen molar-refractivity contribution < 1.29 is 9.53 Å². The van der Waals surface area contributed by atoms with E-state index in [-0.39, 0.29) is 11.9 Å². The largest absolute Gasteiger partial charge is 0.494 e. The minimum absolute atomic E-state index is 0.108. The molecule has 174 valence electrons. The van der Waals surface area contributed by atoms with E-state index in [2.05, 4.69) is 16.7 Å². The van der Waals surface area contributed by atoms with Crippen molar-refractivity contribution in [2.45, 2.75) is 50.6 Å². The lowest BCUT2D eigenvalue weighted by Gasteiger charge is -2.30. The minimum Gasteiger partial charge on any atom is -0.494 e. The van der Waals surface area contributed by atoms with Crippen LogP contribution in [-0.2, 0) is 4.79 Å². The van der Waals surface area contributed by atoms with Gasteiger partial charge in [-0.05, 0) is 56.4 Å². The molecule has 1 aliphatic carbocycles. The quantitative estimate of drug-likeness (QED) is 0.474. The first kappa shape index (κ1) is 22.8. The average Bonchev–Trinajstić information content (AvgIpc) is 2.83. The van der Waals surface area contributed by atoms with Crippen LogP contribution < -0.4 is 20.3 Å². The number of rotatable bonds is 9. The molecule has 1 aliphatic rings. The van der Waals surface area contributed by atoms with E-state index in [4.69, 9.17) is 14.7 Å². The van der Waals surface area contributed by atoms with Crippen LogP contribution in [0.3, 0.4) is 0 Å². The fourth-order valence-corrected chi connectivity index (χ4v) is 4.27. The van der Waals surface area contributed by atoms with Gasteiger partial charge in [-0.2, -0.15) is 4.98 Å². The monoisotopic (exact) mass is 447 g/mol. The van der Waals surface area contributed by atoms with E-state index >= 15 is 0 Å². The van der Waals surface area contributed by atoms with Crippen LogP contribution in [0.2, 0.25) is 0 Å². The summed E-state index contributed by atoms with van der Waals surface area (Å²) in [4.78, 5) is 23.8. The molecule has 2 N–H and O–H groups in total. The smallest absolute Gasteiger partial charge is 0.225 e. The number of carbonyl (C=O) groups excluding carboxylic acids is 1. The van der Waals surface area contributed by atoms with Gasteiger partial charge >= 0.3 is 0 Å². The van der Waals surface area contributed by atoms with Gasteiger partial charge in [-0.1, -0.05) is 30.3 Å². The third kappa shape index (κ3) is 6.34. The van der Waals surface area contributed by atoms with Crippen molar-refractivity contribution in [2.24, 2.45) is 0 Å². The number of nitrogens with one attached hydrogen (secondary N) is 2. The Morgan fingerprint density at radius 2 is 1.67 bits per heavy atom. The van der Waals surface area contributed by atoms with Crippen LogP contribution >= 0.6 is 0 Å². The van der Waals surface area contributed by atoms with Gasteiger partial charge in [-0.25, -0.2) is 4.98 Å². The molecule has 3 aromatic rings. The standard InChI is InChI=1S/C26H33N5O2/c1-31(2)25-22-11-6-7-12-23(22)29-26(30-25)28-20-16-14-19(15-17-20)27-24(32)13-8-18-33-21-9-4-3-5-10-21/h3-7,9-12,19-20H,8,13-18H2,1-2H3,(H,27,32)(H,28,29,30). The molecule has 1 heterocycles. The Hall–Kier alpha value is -3.35. The van der Waals surface area contributed by atoms with Crippen molar-refractivity contribution in [2.75, 3.05) is 30.9 Å². The van der Waals surface area contributed by atoms with Crippen molar-refractivity contribution in [1.82, 2.24) is 15.3 Å². The van der Waals surface area contributed by atoms with E-state index in [9.17, 15) is 4.79 Å². The number of ether oxygens (including phenoxy) is 1. The molecule has 0 saturated heterocycles. The number of aromatic nitrogens is 2. The van der Waals surface area contributed by atoms with Crippen LogP contribution in [0.4, 0.5) is 11.8 Å². The van der Waals surface area contributed by atoms with Gasteiger partial charge in [-0.3, -0.25) is 4.79 Å². The molecule has 4 rings (SSSR count). The molecule has 0 bridgehead atoms. The number of nitrogens with zero attached hydrogens (tertiary/aromatic N) is 3. The van der Waals surface area contributed by atoms with Gasteiger partial charge in [0.1, 0.15) is 11.6 Å². The summed E-state index contributed by atoms with van der Waals surface area (Å²) in [7, 11) is 4.00. The molecule has 1 fully saturated rings. The molecule has 1 amide bonds. The molecule has 0 unspecified atom stereocenters. The lowest BCUT2D eigenvalue weighted by molar-refractivity contribution is -0.122. The summed E-state index contributed by atoms with van der Waals surface area (Å²) in [6.07, 6.45) is 5.08. The molecular formula is C26H33N5O2. The number of hydrogen-bond acceptors (Lipinski definition) is 6. The van der Waals surface area contributed by atoms with Crippen molar-refractivity contribution in [3.63, 3.8) is 0 Å². The Balaban J connectivity index is 1.21. The van der Waals surface area contributed by atoms with Gasteiger partial charge in [0.2, 0.25) is 11.9 Å². The molecule has 1 saturated carbocycles. The van der Waals surface area contributed by atoms with Gasteiger partial charge in [0.05, 0.1) is 12.1 Å². The zero-order valence-electron chi connectivity index (χ0n) is 19.5. The molecule has 7 heteroatoms. The van der Waals surface area contributed by atoms with E-state index in [0.717, 1.165) is 48.2 Å².